The Labute approximate surface area is 181 Å². The summed E-state index contributed by atoms with van der Waals surface area (Å²) in [4.78, 5) is 27.8. The summed E-state index contributed by atoms with van der Waals surface area (Å²) in [6.07, 6.45) is 4.49. The van der Waals surface area contributed by atoms with Crippen molar-refractivity contribution >= 4 is 17.4 Å². The lowest BCUT2D eigenvalue weighted by atomic mass is 9.94. The van der Waals surface area contributed by atoms with Gasteiger partial charge in [0.1, 0.15) is 17.3 Å². The van der Waals surface area contributed by atoms with E-state index in [9.17, 15) is 19.8 Å². The largest absolute Gasteiger partial charge is 0.508 e. The first kappa shape index (κ1) is 21.0. The van der Waals surface area contributed by atoms with Crippen LogP contribution in [0.4, 0.5) is 0 Å². The fraction of sp³-hybridized carbons (Fsp3) is 0.360. The first-order valence-electron chi connectivity index (χ1n) is 10.8. The number of aliphatic hydroxyl groups is 1. The molecule has 1 atom stereocenters. The van der Waals surface area contributed by atoms with Gasteiger partial charge in [-0.3, -0.25) is 9.59 Å². The minimum absolute atomic E-state index is 0.0458. The van der Waals surface area contributed by atoms with Crippen LogP contribution >= 0.6 is 0 Å². The van der Waals surface area contributed by atoms with Crippen LogP contribution in [0.3, 0.4) is 0 Å². The Hall–Kier alpha value is -3.28. The molecule has 1 heterocycles. The summed E-state index contributed by atoms with van der Waals surface area (Å²) < 4.78 is 5.66. The van der Waals surface area contributed by atoms with E-state index in [4.69, 9.17) is 4.74 Å². The summed E-state index contributed by atoms with van der Waals surface area (Å²) in [5.74, 6) is -0.888. The van der Waals surface area contributed by atoms with E-state index >= 15 is 0 Å². The Bertz CT molecular complexity index is 1020. The van der Waals surface area contributed by atoms with Crippen molar-refractivity contribution in [3.05, 3.63) is 65.2 Å². The van der Waals surface area contributed by atoms with Gasteiger partial charge in [-0.1, -0.05) is 44.0 Å². The van der Waals surface area contributed by atoms with Crippen LogP contribution in [0.15, 0.2) is 54.1 Å². The van der Waals surface area contributed by atoms with Crippen LogP contribution in [0.25, 0.3) is 5.76 Å². The molecule has 6 heteroatoms. The maximum atomic E-state index is 13.1. The Morgan fingerprint density at radius 3 is 2.55 bits per heavy atom. The summed E-state index contributed by atoms with van der Waals surface area (Å²) in [6.45, 7) is 2.54. The van der Waals surface area contributed by atoms with E-state index in [-0.39, 0.29) is 23.1 Å². The molecule has 0 bridgehead atoms. The minimum atomic E-state index is -0.740. The zero-order chi connectivity index (χ0) is 22.0. The molecule has 1 amide bonds. The normalized spacial score (nSPS) is 21.1. The van der Waals surface area contributed by atoms with Crippen LogP contribution < -0.4 is 4.74 Å². The second kappa shape index (κ2) is 8.84. The van der Waals surface area contributed by atoms with Gasteiger partial charge < -0.3 is 19.8 Å². The molecule has 1 saturated carbocycles. The Balaban J connectivity index is 1.83. The predicted octanol–water partition coefficient (Wildman–Crippen LogP) is 4.55. The SMILES string of the molecule is CCCOc1cccc(/C(O)=C2/C(=O)C(=O)N(C3CCCC3)C2c2cccc(O)c2)c1. The standard InChI is InChI=1S/C25H27NO5/c1-2-13-31-20-12-6-8-17(15-20)23(28)21-22(16-7-5-11-19(27)14-16)26(25(30)24(21)29)18-9-3-4-10-18/h5-8,11-12,14-15,18,22,27-28H,2-4,9-10,13H2,1H3/b23-21-. The van der Waals surface area contributed by atoms with Gasteiger partial charge in [0.05, 0.1) is 18.2 Å². The van der Waals surface area contributed by atoms with Crippen molar-refractivity contribution in [2.45, 2.75) is 51.1 Å². The van der Waals surface area contributed by atoms with Crippen molar-refractivity contribution in [2.24, 2.45) is 0 Å². The lowest BCUT2D eigenvalue weighted by Gasteiger charge is -2.30. The Morgan fingerprint density at radius 1 is 1.10 bits per heavy atom. The molecule has 2 aromatic carbocycles. The average Bonchev–Trinajstić information content (AvgIpc) is 3.39. The Morgan fingerprint density at radius 2 is 1.84 bits per heavy atom. The van der Waals surface area contributed by atoms with Crippen molar-refractivity contribution in [3.8, 4) is 11.5 Å². The molecule has 2 aromatic rings. The van der Waals surface area contributed by atoms with Gasteiger partial charge in [-0.15, -0.1) is 0 Å². The van der Waals surface area contributed by atoms with Crippen LogP contribution in [0.5, 0.6) is 11.5 Å². The van der Waals surface area contributed by atoms with Gasteiger partial charge in [0.25, 0.3) is 11.7 Å². The van der Waals surface area contributed by atoms with Gasteiger partial charge in [-0.25, -0.2) is 0 Å². The molecule has 31 heavy (non-hydrogen) atoms. The van der Waals surface area contributed by atoms with Crippen LogP contribution in [-0.2, 0) is 9.59 Å². The number of likely N-dealkylation sites (tertiary alicyclic amines) is 1. The molecule has 1 unspecified atom stereocenters. The van der Waals surface area contributed by atoms with E-state index in [0.717, 1.165) is 32.1 Å². The quantitative estimate of drug-likeness (QED) is 0.406. The van der Waals surface area contributed by atoms with E-state index in [1.54, 1.807) is 53.4 Å². The van der Waals surface area contributed by atoms with Crippen molar-refractivity contribution < 1.29 is 24.5 Å². The van der Waals surface area contributed by atoms with E-state index in [1.807, 2.05) is 6.92 Å². The topological polar surface area (TPSA) is 87.1 Å². The van der Waals surface area contributed by atoms with Gasteiger partial charge in [-0.05, 0) is 49.1 Å². The number of rotatable bonds is 6. The van der Waals surface area contributed by atoms with E-state index in [0.29, 0.717) is 23.5 Å². The fourth-order valence-electron chi connectivity index (χ4n) is 4.54. The van der Waals surface area contributed by atoms with Crippen LogP contribution in [0.1, 0.15) is 56.2 Å². The first-order valence-corrected chi connectivity index (χ1v) is 10.8. The second-order valence-corrected chi connectivity index (χ2v) is 8.12. The molecule has 0 radical (unpaired) electrons. The number of phenolic OH excluding ortho intramolecular Hbond substituents is 1. The molecule has 1 aliphatic carbocycles. The number of amides is 1. The number of aromatic hydroxyl groups is 1. The maximum Gasteiger partial charge on any atom is 0.295 e. The van der Waals surface area contributed by atoms with E-state index in [2.05, 4.69) is 0 Å². The molecular weight excluding hydrogens is 394 g/mol. The molecule has 162 valence electrons. The molecule has 6 nitrogen and oxygen atoms in total. The maximum absolute atomic E-state index is 13.1. The minimum Gasteiger partial charge on any atom is -0.508 e. The third kappa shape index (κ3) is 4.02. The molecule has 1 aliphatic heterocycles. The highest BCUT2D eigenvalue weighted by molar-refractivity contribution is 6.46. The van der Waals surface area contributed by atoms with E-state index < -0.39 is 17.7 Å². The van der Waals surface area contributed by atoms with Crippen LogP contribution in [-0.4, -0.2) is 39.5 Å². The van der Waals surface area contributed by atoms with Crippen molar-refractivity contribution in [1.82, 2.24) is 4.90 Å². The molecule has 2 N–H and O–H groups in total. The van der Waals surface area contributed by atoms with Crippen LogP contribution in [0, 0.1) is 0 Å². The number of carbonyl (C=O) groups is 2. The first-order chi connectivity index (χ1) is 15.0. The number of benzene rings is 2. The zero-order valence-corrected chi connectivity index (χ0v) is 17.6. The summed E-state index contributed by atoms with van der Waals surface area (Å²) in [5.41, 5.74) is 1.07. The van der Waals surface area contributed by atoms with Gasteiger partial charge in [0.15, 0.2) is 0 Å². The highest BCUT2D eigenvalue weighted by Crippen LogP contribution is 2.44. The number of hydrogen-bond acceptors (Lipinski definition) is 5. The number of carbonyl (C=O) groups excluding carboxylic acids is 2. The molecule has 2 fully saturated rings. The van der Waals surface area contributed by atoms with Crippen LogP contribution in [0.2, 0.25) is 0 Å². The zero-order valence-electron chi connectivity index (χ0n) is 17.6. The smallest absolute Gasteiger partial charge is 0.295 e. The second-order valence-electron chi connectivity index (χ2n) is 8.12. The summed E-state index contributed by atoms with van der Waals surface area (Å²) in [5, 5.41) is 21.2. The Kier molecular flexibility index (Phi) is 5.98. The summed E-state index contributed by atoms with van der Waals surface area (Å²) in [6, 6.07) is 12.6. The number of Topliss-reactive ketones (excluding diaryl/α,β-unsaturated/α-hetero) is 1. The monoisotopic (exact) mass is 421 g/mol. The predicted molar refractivity (Wildman–Crippen MR) is 117 cm³/mol. The third-order valence-corrected chi connectivity index (χ3v) is 5.96. The summed E-state index contributed by atoms with van der Waals surface area (Å²) in [7, 11) is 0. The number of nitrogens with zero attached hydrogens (tertiary/aromatic N) is 1. The average molecular weight is 421 g/mol. The molecule has 4 rings (SSSR count). The number of hydrogen-bond donors (Lipinski definition) is 2. The van der Waals surface area contributed by atoms with Crippen molar-refractivity contribution in [2.75, 3.05) is 6.61 Å². The van der Waals surface area contributed by atoms with Gasteiger partial charge in [0.2, 0.25) is 0 Å². The molecule has 0 aromatic heterocycles. The highest BCUT2D eigenvalue weighted by Gasteiger charge is 2.49. The molecule has 1 saturated heterocycles. The fourth-order valence-corrected chi connectivity index (χ4v) is 4.54. The highest BCUT2D eigenvalue weighted by atomic mass is 16.5. The van der Waals surface area contributed by atoms with Gasteiger partial charge in [-0.2, -0.15) is 0 Å². The molecule has 2 aliphatic rings. The van der Waals surface area contributed by atoms with Gasteiger partial charge >= 0.3 is 0 Å². The molecular formula is C25H27NO5. The van der Waals surface area contributed by atoms with Crippen molar-refractivity contribution in [1.29, 1.82) is 0 Å². The lowest BCUT2D eigenvalue weighted by Crippen LogP contribution is -2.37. The number of phenols is 1. The molecule has 0 spiro atoms. The number of ether oxygens (including phenoxy) is 1. The lowest BCUT2D eigenvalue weighted by molar-refractivity contribution is -0.141. The number of ketones is 1. The van der Waals surface area contributed by atoms with E-state index in [1.165, 1.54) is 0 Å². The van der Waals surface area contributed by atoms with Crippen molar-refractivity contribution in [3.63, 3.8) is 0 Å². The van der Waals surface area contributed by atoms with Gasteiger partial charge in [0, 0.05) is 11.6 Å². The number of aliphatic hydroxyl groups excluding tert-OH is 1. The third-order valence-electron chi connectivity index (χ3n) is 5.96. The summed E-state index contributed by atoms with van der Waals surface area (Å²) >= 11 is 0.